The lowest BCUT2D eigenvalue weighted by Gasteiger charge is -2.29. The van der Waals surface area contributed by atoms with Crippen molar-refractivity contribution < 1.29 is 4.79 Å². The Morgan fingerprint density at radius 2 is 1.88 bits per heavy atom. The topological polar surface area (TPSA) is 55.1 Å². The third-order valence-electron chi connectivity index (χ3n) is 3.24. The highest BCUT2D eigenvalue weighted by molar-refractivity contribution is 9.10. The van der Waals surface area contributed by atoms with Crippen molar-refractivity contribution in [2.75, 3.05) is 0 Å². The molecule has 0 bridgehead atoms. The molecular formula is C13H17BrN2O. The lowest BCUT2D eigenvalue weighted by atomic mass is 9.91. The molecule has 0 aromatic heterocycles. The standard InChI is InChI=1S/C13H17BrN2O/c14-10-7-5-9(6-8-10)13(17)16-12-4-2-1-3-11(12)15/h5-8,11-12H,1-4,15H2,(H,16,17)/t11-,12-/m1/s1. The SMILES string of the molecule is N[C@@H]1CCCC[C@H]1NC(=O)c1ccc(Br)cc1. The van der Waals surface area contributed by atoms with E-state index in [1.807, 2.05) is 24.3 Å². The van der Waals surface area contributed by atoms with Gasteiger partial charge in [0.15, 0.2) is 0 Å². The Hall–Kier alpha value is -0.870. The fraction of sp³-hybridized carbons (Fsp3) is 0.462. The molecule has 1 aliphatic carbocycles. The van der Waals surface area contributed by atoms with Gasteiger partial charge in [-0.1, -0.05) is 28.8 Å². The molecule has 0 radical (unpaired) electrons. The number of carbonyl (C=O) groups excluding carboxylic acids is 1. The summed E-state index contributed by atoms with van der Waals surface area (Å²) in [7, 11) is 0. The van der Waals surface area contributed by atoms with Crippen LogP contribution in [0.25, 0.3) is 0 Å². The van der Waals surface area contributed by atoms with E-state index in [1.54, 1.807) is 0 Å². The van der Waals surface area contributed by atoms with Crippen LogP contribution in [0.4, 0.5) is 0 Å². The second-order valence-electron chi connectivity index (χ2n) is 4.54. The number of hydrogen-bond acceptors (Lipinski definition) is 2. The van der Waals surface area contributed by atoms with E-state index in [9.17, 15) is 4.79 Å². The number of amides is 1. The number of nitrogens with two attached hydrogens (primary N) is 1. The van der Waals surface area contributed by atoms with Crippen molar-refractivity contribution in [3.05, 3.63) is 34.3 Å². The van der Waals surface area contributed by atoms with Crippen LogP contribution >= 0.6 is 15.9 Å². The monoisotopic (exact) mass is 296 g/mol. The van der Waals surface area contributed by atoms with E-state index in [0.29, 0.717) is 5.56 Å². The average Bonchev–Trinajstić information content (AvgIpc) is 2.33. The Morgan fingerprint density at radius 3 is 2.53 bits per heavy atom. The van der Waals surface area contributed by atoms with Crippen molar-refractivity contribution in [2.45, 2.75) is 37.8 Å². The summed E-state index contributed by atoms with van der Waals surface area (Å²) >= 11 is 3.35. The predicted molar refractivity (Wildman–Crippen MR) is 71.8 cm³/mol. The van der Waals surface area contributed by atoms with Gasteiger partial charge in [0.2, 0.25) is 0 Å². The molecule has 3 N–H and O–H groups in total. The summed E-state index contributed by atoms with van der Waals surface area (Å²) in [6, 6.07) is 7.59. The molecule has 1 saturated carbocycles. The quantitative estimate of drug-likeness (QED) is 0.881. The first kappa shape index (κ1) is 12.6. The normalized spacial score (nSPS) is 24.4. The molecule has 1 aromatic rings. The average molecular weight is 297 g/mol. The number of halogens is 1. The Kier molecular flexibility index (Phi) is 4.18. The number of rotatable bonds is 2. The minimum atomic E-state index is -0.0279. The highest BCUT2D eigenvalue weighted by Gasteiger charge is 2.23. The van der Waals surface area contributed by atoms with Crippen LogP contribution in [0.3, 0.4) is 0 Å². The van der Waals surface area contributed by atoms with Crippen molar-refractivity contribution in [1.82, 2.24) is 5.32 Å². The lowest BCUT2D eigenvalue weighted by Crippen LogP contribution is -2.49. The summed E-state index contributed by atoms with van der Waals surface area (Å²) < 4.78 is 0.975. The van der Waals surface area contributed by atoms with E-state index in [2.05, 4.69) is 21.2 Å². The van der Waals surface area contributed by atoms with Gasteiger partial charge in [-0.15, -0.1) is 0 Å². The second-order valence-corrected chi connectivity index (χ2v) is 5.45. The number of hydrogen-bond donors (Lipinski definition) is 2. The smallest absolute Gasteiger partial charge is 0.251 e. The Bertz CT molecular complexity index is 391. The van der Waals surface area contributed by atoms with Gasteiger partial charge in [-0.3, -0.25) is 4.79 Å². The first-order chi connectivity index (χ1) is 8.16. The van der Waals surface area contributed by atoms with Crippen molar-refractivity contribution in [1.29, 1.82) is 0 Å². The van der Waals surface area contributed by atoms with Crippen molar-refractivity contribution in [3.63, 3.8) is 0 Å². The van der Waals surface area contributed by atoms with Crippen molar-refractivity contribution >= 4 is 21.8 Å². The van der Waals surface area contributed by atoms with Crippen molar-refractivity contribution in [2.24, 2.45) is 5.73 Å². The van der Waals surface area contributed by atoms with Gasteiger partial charge in [0.05, 0.1) is 0 Å². The zero-order chi connectivity index (χ0) is 12.3. The van der Waals surface area contributed by atoms with Gasteiger partial charge in [-0.25, -0.2) is 0 Å². The molecule has 0 heterocycles. The molecule has 4 heteroatoms. The molecule has 2 atom stereocenters. The van der Waals surface area contributed by atoms with E-state index >= 15 is 0 Å². The van der Waals surface area contributed by atoms with Crippen LogP contribution < -0.4 is 11.1 Å². The van der Waals surface area contributed by atoms with E-state index < -0.39 is 0 Å². The summed E-state index contributed by atoms with van der Waals surface area (Å²) in [6.45, 7) is 0. The van der Waals surface area contributed by atoms with E-state index in [4.69, 9.17) is 5.73 Å². The molecule has 1 fully saturated rings. The number of nitrogens with one attached hydrogen (secondary N) is 1. The minimum absolute atomic E-state index is 0.0279. The van der Waals surface area contributed by atoms with Crippen LogP contribution in [0.5, 0.6) is 0 Å². The summed E-state index contributed by atoms with van der Waals surface area (Å²) in [6.07, 6.45) is 4.32. The highest BCUT2D eigenvalue weighted by Crippen LogP contribution is 2.17. The van der Waals surface area contributed by atoms with E-state index in [0.717, 1.165) is 23.7 Å². The van der Waals surface area contributed by atoms with Crippen LogP contribution in [0.15, 0.2) is 28.7 Å². The van der Waals surface area contributed by atoms with Gasteiger partial charge in [-0.2, -0.15) is 0 Å². The van der Waals surface area contributed by atoms with Crippen LogP contribution in [0, 0.1) is 0 Å². The fourth-order valence-electron chi connectivity index (χ4n) is 2.19. The first-order valence-electron chi connectivity index (χ1n) is 5.99. The molecule has 1 aliphatic rings. The van der Waals surface area contributed by atoms with E-state index in [1.165, 1.54) is 6.42 Å². The molecule has 2 rings (SSSR count). The van der Waals surface area contributed by atoms with Crippen LogP contribution in [-0.2, 0) is 0 Å². The van der Waals surface area contributed by atoms with Gasteiger partial charge >= 0.3 is 0 Å². The molecule has 1 aromatic carbocycles. The molecular weight excluding hydrogens is 280 g/mol. The highest BCUT2D eigenvalue weighted by atomic mass is 79.9. The van der Waals surface area contributed by atoms with Gasteiger partial charge in [0.1, 0.15) is 0 Å². The molecule has 1 amide bonds. The molecule has 3 nitrogen and oxygen atoms in total. The van der Waals surface area contributed by atoms with Crippen molar-refractivity contribution in [3.8, 4) is 0 Å². The van der Waals surface area contributed by atoms with Gasteiger partial charge in [0.25, 0.3) is 5.91 Å². The summed E-state index contributed by atoms with van der Waals surface area (Å²) in [5.74, 6) is -0.0279. The van der Waals surface area contributed by atoms with Crippen LogP contribution in [-0.4, -0.2) is 18.0 Å². The predicted octanol–water partition coefficient (Wildman–Crippen LogP) is 2.45. The number of carbonyl (C=O) groups is 1. The van der Waals surface area contributed by atoms with Gasteiger partial charge in [-0.05, 0) is 37.1 Å². The Labute approximate surface area is 110 Å². The van der Waals surface area contributed by atoms with Crippen LogP contribution in [0.1, 0.15) is 36.0 Å². The largest absolute Gasteiger partial charge is 0.348 e. The molecule has 17 heavy (non-hydrogen) atoms. The van der Waals surface area contributed by atoms with Crippen LogP contribution in [0.2, 0.25) is 0 Å². The maximum Gasteiger partial charge on any atom is 0.251 e. The first-order valence-corrected chi connectivity index (χ1v) is 6.78. The zero-order valence-electron chi connectivity index (χ0n) is 9.66. The summed E-state index contributed by atoms with van der Waals surface area (Å²) in [4.78, 5) is 12.0. The fourth-order valence-corrected chi connectivity index (χ4v) is 2.46. The third-order valence-corrected chi connectivity index (χ3v) is 3.77. The van der Waals surface area contributed by atoms with Gasteiger partial charge < -0.3 is 11.1 Å². The Balaban J connectivity index is 1.98. The molecule has 92 valence electrons. The molecule has 0 spiro atoms. The number of benzene rings is 1. The Morgan fingerprint density at radius 1 is 1.24 bits per heavy atom. The summed E-state index contributed by atoms with van der Waals surface area (Å²) in [5, 5.41) is 3.03. The molecule has 0 saturated heterocycles. The molecule has 0 aliphatic heterocycles. The lowest BCUT2D eigenvalue weighted by molar-refractivity contribution is 0.0921. The third kappa shape index (κ3) is 3.30. The maximum atomic E-state index is 12.0. The minimum Gasteiger partial charge on any atom is -0.348 e. The maximum absolute atomic E-state index is 12.0. The zero-order valence-corrected chi connectivity index (χ0v) is 11.2. The second kappa shape index (κ2) is 5.65. The molecule has 0 unspecified atom stereocenters. The summed E-state index contributed by atoms with van der Waals surface area (Å²) in [5.41, 5.74) is 6.69. The van der Waals surface area contributed by atoms with Gasteiger partial charge in [0, 0.05) is 22.1 Å². The van der Waals surface area contributed by atoms with E-state index in [-0.39, 0.29) is 18.0 Å².